The molecule has 0 aromatic heterocycles. The molecule has 0 aliphatic carbocycles. The summed E-state index contributed by atoms with van der Waals surface area (Å²) in [4.78, 5) is 2.36. The Kier molecular flexibility index (Phi) is 3.60. The van der Waals surface area contributed by atoms with Crippen LogP contribution < -0.4 is 0 Å². The van der Waals surface area contributed by atoms with Crippen LogP contribution in [0.3, 0.4) is 0 Å². The number of hydrogen-bond acceptors (Lipinski definition) is 2. The lowest BCUT2D eigenvalue weighted by atomic mass is 10.1. The van der Waals surface area contributed by atoms with Crippen LogP contribution in [-0.4, -0.2) is 36.8 Å². The van der Waals surface area contributed by atoms with E-state index in [9.17, 15) is 0 Å². The van der Waals surface area contributed by atoms with E-state index in [0.29, 0.717) is 0 Å². The van der Waals surface area contributed by atoms with Crippen molar-refractivity contribution in [2.24, 2.45) is 5.92 Å². The zero-order valence-corrected chi connectivity index (χ0v) is 7.16. The highest BCUT2D eigenvalue weighted by Gasteiger charge is 2.17. The highest BCUT2D eigenvalue weighted by atomic mass is 16.2. The molecule has 1 N–H and O–H groups in total. The van der Waals surface area contributed by atoms with Crippen LogP contribution in [0.2, 0.25) is 0 Å². The number of aliphatic hydroxyl groups is 1. The highest BCUT2D eigenvalue weighted by molar-refractivity contribution is 4.86. The Bertz CT molecular complexity index is 134. The van der Waals surface area contributed by atoms with E-state index >= 15 is 0 Å². The van der Waals surface area contributed by atoms with Gasteiger partial charge in [-0.1, -0.05) is 12.2 Å². The van der Waals surface area contributed by atoms with Gasteiger partial charge in [0.05, 0.1) is 6.61 Å². The van der Waals surface area contributed by atoms with Crippen molar-refractivity contribution >= 4 is 0 Å². The van der Waals surface area contributed by atoms with E-state index < -0.39 is 0 Å². The molecular weight excluding hydrogens is 138 g/mol. The van der Waals surface area contributed by atoms with Gasteiger partial charge in [0.1, 0.15) is 0 Å². The molecule has 0 aromatic carbocycles. The molecule has 0 bridgehead atoms. The molecule has 1 unspecified atom stereocenters. The van der Waals surface area contributed by atoms with Gasteiger partial charge in [-0.25, -0.2) is 0 Å². The number of aliphatic hydroxyl groups excluding tert-OH is 1. The van der Waals surface area contributed by atoms with Gasteiger partial charge >= 0.3 is 0 Å². The van der Waals surface area contributed by atoms with Gasteiger partial charge in [0.2, 0.25) is 0 Å². The quantitative estimate of drug-likeness (QED) is 0.611. The molecule has 1 saturated heterocycles. The molecule has 64 valence electrons. The molecule has 0 amide bonds. The second-order valence-corrected chi connectivity index (χ2v) is 3.31. The summed E-state index contributed by atoms with van der Waals surface area (Å²) in [6.07, 6.45) is 6.36. The summed E-state index contributed by atoms with van der Waals surface area (Å²) >= 11 is 0. The standard InChI is InChI=1S/C9H17NO/c1-10-6-5-9(8-10)4-2-3-7-11/h2-3,9,11H,4-8H2,1H3/b3-2-. The third-order valence-electron chi connectivity index (χ3n) is 2.23. The van der Waals surface area contributed by atoms with E-state index in [2.05, 4.69) is 18.0 Å². The monoisotopic (exact) mass is 155 g/mol. The van der Waals surface area contributed by atoms with Gasteiger partial charge in [-0.2, -0.15) is 0 Å². The van der Waals surface area contributed by atoms with Crippen molar-refractivity contribution in [1.82, 2.24) is 4.90 Å². The Morgan fingerprint density at radius 3 is 2.91 bits per heavy atom. The molecule has 1 atom stereocenters. The molecule has 0 spiro atoms. The fourth-order valence-electron chi connectivity index (χ4n) is 1.58. The van der Waals surface area contributed by atoms with Crippen LogP contribution in [0.25, 0.3) is 0 Å². The number of likely N-dealkylation sites (tertiary alicyclic amines) is 1. The first-order chi connectivity index (χ1) is 5.33. The van der Waals surface area contributed by atoms with Crippen molar-refractivity contribution in [3.8, 4) is 0 Å². The van der Waals surface area contributed by atoms with Gasteiger partial charge in [-0.15, -0.1) is 0 Å². The van der Waals surface area contributed by atoms with Gasteiger partial charge in [-0.05, 0) is 32.4 Å². The van der Waals surface area contributed by atoms with E-state index in [4.69, 9.17) is 5.11 Å². The maximum Gasteiger partial charge on any atom is 0.0612 e. The van der Waals surface area contributed by atoms with Crippen LogP contribution in [0.4, 0.5) is 0 Å². The minimum Gasteiger partial charge on any atom is -0.392 e. The molecule has 1 aliphatic heterocycles. The predicted octanol–water partition coefficient (Wildman–Crippen LogP) is 0.877. The fourth-order valence-corrected chi connectivity index (χ4v) is 1.58. The van der Waals surface area contributed by atoms with Crippen molar-refractivity contribution in [2.45, 2.75) is 12.8 Å². The van der Waals surface area contributed by atoms with Gasteiger partial charge < -0.3 is 10.0 Å². The summed E-state index contributed by atoms with van der Waals surface area (Å²) in [5.74, 6) is 0.822. The Labute approximate surface area is 68.5 Å². The molecule has 1 rings (SSSR count). The SMILES string of the molecule is CN1CCC(C/C=C\CO)C1. The molecule has 11 heavy (non-hydrogen) atoms. The summed E-state index contributed by atoms with van der Waals surface area (Å²) < 4.78 is 0. The second-order valence-electron chi connectivity index (χ2n) is 3.31. The minimum absolute atomic E-state index is 0.183. The Hall–Kier alpha value is -0.340. The van der Waals surface area contributed by atoms with Crippen molar-refractivity contribution < 1.29 is 5.11 Å². The maximum atomic E-state index is 8.49. The molecule has 1 aliphatic rings. The molecular formula is C9H17NO. The summed E-state index contributed by atoms with van der Waals surface area (Å²) in [7, 11) is 2.16. The Balaban J connectivity index is 2.13. The zero-order valence-electron chi connectivity index (χ0n) is 7.16. The van der Waals surface area contributed by atoms with Crippen molar-refractivity contribution in [2.75, 3.05) is 26.7 Å². The number of rotatable bonds is 3. The third kappa shape index (κ3) is 3.04. The summed E-state index contributed by atoms with van der Waals surface area (Å²) in [6, 6.07) is 0. The van der Waals surface area contributed by atoms with Crippen molar-refractivity contribution in [1.29, 1.82) is 0 Å². The Morgan fingerprint density at radius 1 is 1.55 bits per heavy atom. The average molecular weight is 155 g/mol. The van der Waals surface area contributed by atoms with Crippen LogP contribution >= 0.6 is 0 Å². The number of hydrogen-bond donors (Lipinski definition) is 1. The zero-order chi connectivity index (χ0) is 8.10. The number of allylic oxidation sites excluding steroid dienone is 1. The lowest BCUT2D eigenvalue weighted by Gasteiger charge is -2.06. The van der Waals surface area contributed by atoms with Gasteiger partial charge in [0.25, 0.3) is 0 Å². The molecule has 0 saturated carbocycles. The molecule has 1 heterocycles. The van der Waals surface area contributed by atoms with Gasteiger partial charge in [-0.3, -0.25) is 0 Å². The molecule has 1 fully saturated rings. The minimum atomic E-state index is 0.183. The number of nitrogens with zero attached hydrogens (tertiary/aromatic N) is 1. The highest BCUT2D eigenvalue weighted by Crippen LogP contribution is 2.17. The first-order valence-electron chi connectivity index (χ1n) is 4.27. The Morgan fingerprint density at radius 2 is 2.36 bits per heavy atom. The predicted molar refractivity (Wildman–Crippen MR) is 46.4 cm³/mol. The first kappa shape index (κ1) is 8.75. The van der Waals surface area contributed by atoms with E-state index in [1.807, 2.05) is 6.08 Å². The molecule has 0 aromatic rings. The van der Waals surface area contributed by atoms with Crippen LogP contribution in [0.15, 0.2) is 12.2 Å². The lowest BCUT2D eigenvalue weighted by Crippen LogP contribution is -2.13. The van der Waals surface area contributed by atoms with Crippen LogP contribution in [-0.2, 0) is 0 Å². The fraction of sp³-hybridized carbons (Fsp3) is 0.778. The second kappa shape index (κ2) is 4.52. The van der Waals surface area contributed by atoms with E-state index in [-0.39, 0.29) is 6.61 Å². The molecule has 2 nitrogen and oxygen atoms in total. The summed E-state index contributed by atoms with van der Waals surface area (Å²) in [6.45, 7) is 2.63. The van der Waals surface area contributed by atoms with E-state index in [1.54, 1.807) is 0 Å². The summed E-state index contributed by atoms with van der Waals surface area (Å²) in [5, 5.41) is 8.49. The van der Waals surface area contributed by atoms with Crippen LogP contribution in [0.1, 0.15) is 12.8 Å². The van der Waals surface area contributed by atoms with E-state index in [1.165, 1.54) is 19.5 Å². The van der Waals surface area contributed by atoms with Crippen molar-refractivity contribution in [3.05, 3.63) is 12.2 Å². The maximum absolute atomic E-state index is 8.49. The van der Waals surface area contributed by atoms with Gasteiger partial charge in [0.15, 0.2) is 0 Å². The molecule has 2 heteroatoms. The average Bonchev–Trinajstić information content (AvgIpc) is 2.37. The van der Waals surface area contributed by atoms with Gasteiger partial charge in [0, 0.05) is 6.54 Å². The topological polar surface area (TPSA) is 23.5 Å². The van der Waals surface area contributed by atoms with Crippen LogP contribution in [0, 0.1) is 5.92 Å². The lowest BCUT2D eigenvalue weighted by molar-refractivity contribution is 0.342. The van der Waals surface area contributed by atoms with Crippen molar-refractivity contribution in [3.63, 3.8) is 0 Å². The third-order valence-corrected chi connectivity index (χ3v) is 2.23. The van der Waals surface area contributed by atoms with Crippen LogP contribution in [0.5, 0.6) is 0 Å². The first-order valence-corrected chi connectivity index (χ1v) is 4.27. The normalized spacial score (nSPS) is 26.9. The largest absolute Gasteiger partial charge is 0.392 e. The smallest absolute Gasteiger partial charge is 0.0612 e. The molecule has 0 radical (unpaired) electrons. The van der Waals surface area contributed by atoms with E-state index in [0.717, 1.165) is 12.3 Å². The summed E-state index contributed by atoms with van der Waals surface area (Å²) in [5.41, 5.74) is 0.